The van der Waals surface area contributed by atoms with Crippen molar-refractivity contribution in [2.24, 2.45) is 0 Å². The summed E-state index contributed by atoms with van der Waals surface area (Å²) in [6.45, 7) is 0. The van der Waals surface area contributed by atoms with Crippen LogP contribution < -0.4 is 0 Å². The second kappa shape index (κ2) is 4.62. The van der Waals surface area contributed by atoms with E-state index in [1.807, 2.05) is 30.3 Å². The Balaban J connectivity index is 1.90. The van der Waals surface area contributed by atoms with Gasteiger partial charge in [-0.25, -0.2) is 0 Å². The summed E-state index contributed by atoms with van der Waals surface area (Å²) < 4.78 is 5.52. The van der Waals surface area contributed by atoms with Gasteiger partial charge in [0.25, 0.3) is 5.89 Å². The first-order valence-electron chi connectivity index (χ1n) is 5.37. The van der Waals surface area contributed by atoms with Crippen molar-refractivity contribution in [1.29, 1.82) is 0 Å². The van der Waals surface area contributed by atoms with Crippen molar-refractivity contribution >= 4 is 11.6 Å². The highest BCUT2D eigenvalue weighted by Gasteiger charge is 2.18. The van der Waals surface area contributed by atoms with Crippen molar-refractivity contribution in [3.8, 4) is 11.6 Å². The molecule has 0 aliphatic rings. The van der Waals surface area contributed by atoms with Crippen LogP contribution in [0.3, 0.4) is 0 Å². The summed E-state index contributed by atoms with van der Waals surface area (Å²) in [6.07, 6.45) is 1.62. The number of H-pyrrole nitrogens is 1. The van der Waals surface area contributed by atoms with Gasteiger partial charge in [0.1, 0.15) is 11.1 Å². The molecular weight excluding hydrogens is 252 g/mol. The zero-order chi connectivity index (χ0) is 12.4. The number of halogens is 1. The summed E-state index contributed by atoms with van der Waals surface area (Å²) in [5.74, 6) is 0.747. The van der Waals surface area contributed by atoms with Crippen LogP contribution in [-0.4, -0.2) is 20.4 Å². The zero-order valence-corrected chi connectivity index (χ0v) is 10.0. The molecule has 0 fully saturated rings. The molecule has 0 radical (unpaired) electrons. The molecule has 3 aromatic rings. The number of alkyl halides is 1. The predicted molar refractivity (Wildman–Crippen MR) is 66.0 cm³/mol. The SMILES string of the molecule is ClC(c1ccccc1)c1nnc(-c2ccn[nH]2)o1. The van der Waals surface area contributed by atoms with E-state index < -0.39 is 5.38 Å². The second-order valence-corrected chi connectivity index (χ2v) is 4.13. The maximum Gasteiger partial charge on any atom is 0.265 e. The molecule has 18 heavy (non-hydrogen) atoms. The minimum Gasteiger partial charge on any atom is -0.417 e. The molecule has 0 bridgehead atoms. The van der Waals surface area contributed by atoms with E-state index in [0.29, 0.717) is 17.5 Å². The number of benzene rings is 1. The fourth-order valence-electron chi connectivity index (χ4n) is 1.59. The molecule has 1 N–H and O–H groups in total. The highest BCUT2D eigenvalue weighted by atomic mass is 35.5. The number of aromatic nitrogens is 4. The third-order valence-corrected chi connectivity index (χ3v) is 2.92. The highest BCUT2D eigenvalue weighted by Crippen LogP contribution is 2.28. The Bertz CT molecular complexity index is 621. The first-order chi connectivity index (χ1) is 8.84. The Labute approximate surface area is 108 Å². The Hall–Kier alpha value is -2.14. The molecule has 0 amide bonds. The van der Waals surface area contributed by atoms with E-state index in [1.54, 1.807) is 12.3 Å². The average molecular weight is 261 g/mol. The summed E-state index contributed by atoms with van der Waals surface area (Å²) in [7, 11) is 0. The van der Waals surface area contributed by atoms with Gasteiger partial charge in [-0.1, -0.05) is 30.3 Å². The van der Waals surface area contributed by atoms with E-state index in [4.69, 9.17) is 16.0 Å². The predicted octanol–water partition coefficient (Wildman–Crippen LogP) is 2.79. The lowest BCUT2D eigenvalue weighted by molar-refractivity contribution is 0.511. The van der Waals surface area contributed by atoms with Crippen molar-refractivity contribution in [2.75, 3.05) is 0 Å². The molecular formula is C12H9ClN4O. The molecule has 1 atom stereocenters. The standard InChI is InChI=1S/C12H9ClN4O/c13-10(8-4-2-1-3-5-8)12-17-16-11(18-12)9-6-7-14-15-9/h1-7,10H,(H,14,15). The largest absolute Gasteiger partial charge is 0.417 e. The summed E-state index contributed by atoms with van der Waals surface area (Å²) in [5.41, 5.74) is 1.59. The number of nitrogens with zero attached hydrogens (tertiary/aromatic N) is 3. The molecule has 90 valence electrons. The lowest BCUT2D eigenvalue weighted by Crippen LogP contribution is -1.92. The Morgan fingerprint density at radius 3 is 2.67 bits per heavy atom. The Morgan fingerprint density at radius 1 is 1.11 bits per heavy atom. The monoisotopic (exact) mass is 260 g/mol. The van der Waals surface area contributed by atoms with Crippen LogP contribution >= 0.6 is 11.6 Å². The molecule has 0 aliphatic heterocycles. The van der Waals surface area contributed by atoms with Gasteiger partial charge in [0.05, 0.1) is 0 Å². The molecule has 0 spiro atoms. The van der Waals surface area contributed by atoms with Gasteiger partial charge in [0, 0.05) is 6.20 Å². The van der Waals surface area contributed by atoms with E-state index in [1.165, 1.54) is 0 Å². The minimum atomic E-state index is -0.449. The van der Waals surface area contributed by atoms with E-state index >= 15 is 0 Å². The minimum absolute atomic E-state index is 0.368. The molecule has 0 aliphatic carbocycles. The average Bonchev–Trinajstić information content (AvgIpc) is 3.09. The summed E-state index contributed by atoms with van der Waals surface area (Å²) in [5, 5.41) is 14.0. The maximum atomic E-state index is 6.28. The zero-order valence-electron chi connectivity index (χ0n) is 9.25. The number of hydrogen-bond donors (Lipinski definition) is 1. The van der Waals surface area contributed by atoms with Crippen LogP contribution in [0.1, 0.15) is 16.8 Å². The first-order valence-corrected chi connectivity index (χ1v) is 5.80. The van der Waals surface area contributed by atoms with Crippen LogP contribution in [0, 0.1) is 0 Å². The van der Waals surface area contributed by atoms with Gasteiger partial charge in [-0.2, -0.15) is 5.10 Å². The second-order valence-electron chi connectivity index (χ2n) is 3.69. The van der Waals surface area contributed by atoms with Crippen LogP contribution in [0.25, 0.3) is 11.6 Å². The normalized spacial score (nSPS) is 12.5. The van der Waals surface area contributed by atoms with Gasteiger partial charge < -0.3 is 4.42 Å². The smallest absolute Gasteiger partial charge is 0.265 e. The van der Waals surface area contributed by atoms with Crippen LogP contribution in [-0.2, 0) is 0 Å². The fraction of sp³-hybridized carbons (Fsp3) is 0.0833. The van der Waals surface area contributed by atoms with E-state index in [2.05, 4.69) is 20.4 Å². The number of rotatable bonds is 3. The van der Waals surface area contributed by atoms with Gasteiger partial charge in [-0.3, -0.25) is 5.10 Å². The molecule has 5 nitrogen and oxygen atoms in total. The van der Waals surface area contributed by atoms with Crippen LogP contribution in [0.2, 0.25) is 0 Å². The third kappa shape index (κ3) is 2.00. The quantitative estimate of drug-likeness (QED) is 0.735. The highest BCUT2D eigenvalue weighted by molar-refractivity contribution is 6.22. The van der Waals surface area contributed by atoms with Crippen molar-refractivity contribution in [3.05, 3.63) is 54.0 Å². The van der Waals surface area contributed by atoms with Gasteiger partial charge in [-0.15, -0.1) is 21.8 Å². The van der Waals surface area contributed by atoms with Gasteiger partial charge in [0.2, 0.25) is 5.89 Å². The van der Waals surface area contributed by atoms with Crippen molar-refractivity contribution in [2.45, 2.75) is 5.38 Å². The molecule has 3 rings (SSSR count). The lowest BCUT2D eigenvalue weighted by Gasteiger charge is -2.03. The van der Waals surface area contributed by atoms with Gasteiger partial charge in [0.15, 0.2) is 0 Å². The summed E-state index contributed by atoms with van der Waals surface area (Å²) >= 11 is 6.28. The van der Waals surface area contributed by atoms with Crippen LogP contribution in [0.4, 0.5) is 0 Å². The van der Waals surface area contributed by atoms with Crippen LogP contribution in [0.15, 0.2) is 47.0 Å². The fourth-order valence-corrected chi connectivity index (χ4v) is 1.82. The van der Waals surface area contributed by atoms with E-state index in [0.717, 1.165) is 5.56 Å². The molecule has 2 aromatic heterocycles. The maximum absolute atomic E-state index is 6.28. The summed E-state index contributed by atoms with van der Waals surface area (Å²) in [6, 6.07) is 11.3. The topological polar surface area (TPSA) is 67.6 Å². The van der Waals surface area contributed by atoms with Crippen molar-refractivity contribution in [1.82, 2.24) is 20.4 Å². The van der Waals surface area contributed by atoms with Gasteiger partial charge >= 0.3 is 0 Å². The van der Waals surface area contributed by atoms with E-state index in [-0.39, 0.29) is 0 Å². The molecule has 6 heteroatoms. The third-order valence-electron chi connectivity index (χ3n) is 2.48. The number of hydrogen-bond acceptors (Lipinski definition) is 4. The molecule has 1 aromatic carbocycles. The molecule has 0 saturated carbocycles. The Morgan fingerprint density at radius 2 is 1.94 bits per heavy atom. The molecule has 1 unspecified atom stereocenters. The number of aromatic amines is 1. The van der Waals surface area contributed by atoms with Crippen LogP contribution in [0.5, 0.6) is 0 Å². The summed E-state index contributed by atoms with van der Waals surface area (Å²) in [4.78, 5) is 0. The van der Waals surface area contributed by atoms with Crippen molar-refractivity contribution in [3.63, 3.8) is 0 Å². The van der Waals surface area contributed by atoms with E-state index in [9.17, 15) is 0 Å². The number of nitrogens with one attached hydrogen (secondary N) is 1. The molecule has 2 heterocycles. The first kappa shape index (κ1) is 11.0. The molecule has 0 saturated heterocycles. The Kier molecular flexibility index (Phi) is 2.82. The van der Waals surface area contributed by atoms with Crippen molar-refractivity contribution < 1.29 is 4.42 Å². The lowest BCUT2D eigenvalue weighted by atomic mass is 10.1. The van der Waals surface area contributed by atoms with Gasteiger partial charge in [-0.05, 0) is 11.6 Å².